The molecule has 3 N–H and O–H groups in total. The number of ether oxygens (including phenoxy) is 2. The number of nitrogen functional groups attached to an aromatic ring is 1. The minimum atomic E-state index is -6.02. The molecule has 0 aliphatic rings. The minimum absolute atomic E-state index is 0.0241. The van der Waals surface area contributed by atoms with Gasteiger partial charge in [-0.2, -0.15) is 34.8 Å². The number of rotatable bonds is 9. The molecule has 17 heteroatoms. The number of pyridine rings is 2. The van der Waals surface area contributed by atoms with E-state index in [-0.39, 0.29) is 29.7 Å². The summed E-state index contributed by atoms with van der Waals surface area (Å²) in [6.07, 6.45) is -16.5. The Morgan fingerprint density at radius 1 is 1.00 bits per heavy atom. The van der Waals surface area contributed by atoms with Crippen LogP contribution in [-0.2, 0) is 10.0 Å². The Balaban J connectivity index is 2.10. The predicted molar refractivity (Wildman–Crippen MR) is 130 cm³/mol. The van der Waals surface area contributed by atoms with Crippen molar-refractivity contribution in [2.75, 3.05) is 12.3 Å². The Morgan fingerprint density at radius 3 is 2.24 bits per heavy atom. The second-order valence-corrected chi connectivity index (χ2v) is 10.5. The summed E-state index contributed by atoms with van der Waals surface area (Å²) in [5.74, 6) is -4.38. The summed E-state index contributed by atoms with van der Waals surface area (Å²) in [5.41, 5.74) is 3.72. The summed E-state index contributed by atoms with van der Waals surface area (Å²) < 4.78 is 130. The lowest BCUT2D eigenvalue weighted by Crippen LogP contribution is -2.47. The second kappa shape index (κ2) is 11.8. The van der Waals surface area contributed by atoms with Crippen molar-refractivity contribution in [2.24, 2.45) is 5.92 Å². The maximum Gasteiger partial charge on any atom is 0.434 e. The van der Waals surface area contributed by atoms with Crippen molar-refractivity contribution in [2.45, 2.75) is 37.3 Å². The van der Waals surface area contributed by atoms with Gasteiger partial charge in [0.15, 0.2) is 5.03 Å². The summed E-state index contributed by atoms with van der Waals surface area (Å²) in [6.45, 7) is 3.75. The average molecular weight is 611 g/mol. The van der Waals surface area contributed by atoms with Gasteiger partial charge in [0.1, 0.15) is 22.9 Å². The molecule has 0 aliphatic heterocycles. The van der Waals surface area contributed by atoms with Crippen molar-refractivity contribution >= 4 is 21.7 Å². The largest absolute Gasteiger partial charge is 0.493 e. The molecule has 0 atom stereocenters. The molecule has 9 nitrogen and oxygen atoms in total. The topological polar surface area (TPSA) is 134 Å². The molecule has 0 spiro atoms. The fourth-order valence-electron chi connectivity index (χ4n) is 3.16. The highest BCUT2D eigenvalue weighted by Crippen LogP contribution is 2.38. The molecular weight excluding hydrogens is 589 g/mol. The summed E-state index contributed by atoms with van der Waals surface area (Å²) >= 11 is 0. The van der Waals surface area contributed by atoms with Crippen LogP contribution in [0.15, 0.2) is 53.6 Å². The average Bonchev–Trinajstić information content (AvgIpc) is 2.84. The van der Waals surface area contributed by atoms with Gasteiger partial charge < -0.3 is 15.2 Å². The van der Waals surface area contributed by atoms with Gasteiger partial charge >= 0.3 is 12.4 Å². The highest BCUT2D eigenvalue weighted by atomic mass is 32.2. The van der Waals surface area contributed by atoms with E-state index in [0.717, 1.165) is 24.3 Å². The fraction of sp³-hybridized carbons (Fsp3) is 0.292. The molecule has 0 bridgehead atoms. The van der Waals surface area contributed by atoms with Gasteiger partial charge in [-0.25, -0.2) is 19.1 Å². The van der Waals surface area contributed by atoms with Gasteiger partial charge in [0.25, 0.3) is 22.0 Å². The number of sulfonamides is 1. The molecule has 2 aromatic heterocycles. The number of aromatic nitrogens is 2. The summed E-state index contributed by atoms with van der Waals surface area (Å²) in [5, 5.41) is -0.768. The van der Waals surface area contributed by atoms with E-state index in [4.69, 9.17) is 10.5 Å². The van der Waals surface area contributed by atoms with E-state index in [2.05, 4.69) is 14.7 Å². The predicted octanol–water partition coefficient (Wildman–Crippen LogP) is 4.89. The van der Waals surface area contributed by atoms with Gasteiger partial charge in [-0.15, -0.1) is 0 Å². The number of carbonyl (C=O) groups excluding carboxylic acids is 1. The standard InChI is InChI=1S/C24H21F7N4O5S/c1-12(2)11-39-15-9-13(8-14(25)10-15)17-7-6-16(21(33-17)40-22(23(26,27)28)24(29,30)31)20(36)35-41(37,38)19-5-3-4-18(32)34-19/h3-10,12,22H,11H2,1-2H3,(H2,32,34)(H,35,36). The van der Waals surface area contributed by atoms with E-state index in [1.54, 1.807) is 13.8 Å². The monoisotopic (exact) mass is 610 g/mol. The zero-order valence-electron chi connectivity index (χ0n) is 21.0. The number of hydrogen-bond acceptors (Lipinski definition) is 8. The normalized spacial score (nSPS) is 12.5. The lowest BCUT2D eigenvalue weighted by Gasteiger charge is -2.24. The van der Waals surface area contributed by atoms with E-state index < -0.39 is 62.4 Å². The highest BCUT2D eigenvalue weighted by molar-refractivity contribution is 7.90. The molecule has 41 heavy (non-hydrogen) atoms. The van der Waals surface area contributed by atoms with Gasteiger partial charge in [-0.1, -0.05) is 19.9 Å². The van der Waals surface area contributed by atoms with Crippen LogP contribution in [-0.4, -0.2) is 49.4 Å². The second-order valence-electron chi connectivity index (χ2n) is 8.85. The summed E-state index contributed by atoms with van der Waals surface area (Å²) in [7, 11) is -4.80. The quantitative estimate of drug-likeness (QED) is 0.327. The molecule has 1 amide bonds. The molecule has 0 unspecified atom stereocenters. The first-order valence-electron chi connectivity index (χ1n) is 11.4. The number of nitrogens with two attached hydrogens (primary N) is 1. The lowest BCUT2D eigenvalue weighted by molar-refractivity contribution is -0.300. The van der Waals surface area contributed by atoms with Crippen LogP contribution in [0, 0.1) is 11.7 Å². The van der Waals surface area contributed by atoms with Crippen LogP contribution in [0.4, 0.5) is 36.6 Å². The van der Waals surface area contributed by atoms with E-state index in [1.807, 2.05) is 0 Å². The fourth-order valence-corrected chi connectivity index (χ4v) is 4.10. The van der Waals surface area contributed by atoms with Crippen LogP contribution < -0.4 is 19.9 Å². The zero-order valence-corrected chi connectivity index (χ0v) is 21.9. The Morgan fingerprint density at radius 2 is 1.66 bits per heavy atom. The number of amides is 1. The Hall–Kier alpha value is -4.15. The number of carbonyl (C=O) groups is 1. The number of benzene rings is 1. The van der Waals surface area contributed by atoms with Crippen LogP contribution in [0.1, 0.15) is 24.2 Å². The van der Waals surface area contributed by atoms with Crippen molar-refractivity contribution in [3.05, 3.63) is 59.9 Å². The van der Waals surface area contributed by atoms with Gasteiger partial charge in [-0.3, -0.25) is 4.79 Å². The number of hydrogen-bond donors (Lipinski definition) is 2. The highest BCUT2D eigenvalue weighted by Gasteiger charge is 2.59. The molecule has 0 saturated carbocycles. The van der Waals surface area contributed by atoms with Crippen LogP contribution in [0.2, 0.25) is 0 Å². The molecule has 2 heterocycles. The van der Waals surface area contributed by atoms with Crippen LogP contribution in [0.5, 0.6) is 11.6 Å². The molecule has 3 aromatic rings. The van der Waals surface area contributed by atoms with E-state index >= 15 is 0 Å². The first kappa shape index (κ1) is 31.4. The first-order chi connectivity index (χ1) is 18.9. The van der Waals surface area contributed by atoms with E-state index in [1.165, 1.54) is 22.9 Å². The molecule has 3 rings (SSSR count). The van der Waals surface area contributed by atoms with E-state index in [9.17, 15) is 43.9 Å². The van der Waals surface area contributed by atoms with Crippen molar-refractivity contribution in [1.29, 1.82) is 0 Å². The number of nitrogens with one attached hydrogen (secondary N) is 1. The molecule has 1 aromatic carbocycles. The summed E-state index contributed by atoms with van der Waals surface area (Å²) in [4.78, 5) is 19.9. The molecule has 0 aliphatic carbocycles. The SMILES string of the molecule is CC(C)COc1cc(F)cc(-c2ccc(C(=O)NS(=O)(=O)c3cccc(N)n3)c(OC(C(F)(F)F)C(F)(F)F)n2)c1. The molecule has 0 fully saturated rings. The minimum Gasteiger partial charge on any atom is -0.493 e. The third-order valence-corrected chi connectivity index (χ3v) is 6.16. The van der Waals surface area contributed by atoms with Crippen molar-refractivity contribution in [3.63, 3.8) is 0 Å². The number of halogens is 7. The van der Waals surface area contributed by atoms with Crippen LogP contribution in [0.25, 0.3) is 11.3 Å². The Labute approximate surface area is 228 Å². The number of anilines is 1. The molecule has 222 valence electrons. The third-order valence-electron chi connectivity index (χ3n) is 4.93. The van der Waals surface area contributed by atoms with Crippen molar-refractivity contribution < 1.29 is 53.4 Å². The lowest BCUT2D eigenvalue weighted by atomic mass is 10.1. The molecule has 0 radical (unpaired) electrons. The zero-order chi connectivity index (χ0) is 30.8. The van der Waals surface area contributed by atoms with Gasteiger partial charge in [0, 0.05) is 11.6 Å². The van der Waals surface area contributed by atoms with Gasteiger partial charge in [-0.05, 0) is 42.3 Å². The van der Waals surface area contributed by atoms with Crippen molar-refractivity contribution in [1.82, 2.24) is 14.7 Å². The number of nitrogens with zero attached hydrogens (tertiary/aromatic N) is 2. The maximum atomic E-state index is 14.3. The summed E-state index contributed by atoms with van der Waals surface area (Å²) in [6, 6.07) is 7.97. The van der Waals surface area contributed by atoms with Crippen LogP contribution in [0.3, 0.4) is 0 Å². The molecular formula is C24H21F7N4O5S. The Kier molecular flexibility index (Phi) is 9.00. The smallest absolute Gasteiger partial charge is 0.434 e. The maximum absolute atomic E-state index is 14.3. The number of alkyl halides is 6. The molecule has 0 saturated heterocycles. The third kappa shape index (κ3) is 8.18. The Bertz CT molecular complexity index is 1520. The van der Waals surface area contributed by atoms with Crippen molar-refractivity contribution in [3.8, 4) is 22.9 Å². The first-order valence-corrected chi connectivity index (χ1v) is 12.9. The van der Waals surface area contributed by atoms with Gasteiger partial charge in [0.05, 0.1) is 12.3 Å². The van der Waals surface area contributed by atoms with E-state index in [0.29, 0.717) is 6.07 Å². The van der Waals surface area contributed by atoms with Gasteiger partial charge in [0.2, 0.25) is 5.88 Å². The van der Waals surface area contributed by atoms with Crippen LogP contribution >= 0.6 is 0 Å².